The summed E-state index contributed by atoms with van der Waals surface area (Å²) in [5.74, 6) is 0.886. The number of hydrogen-bond acceptors (Lipinski definition) is 4. The van der Waals surface area contributed by atoms with Gasteiger partial charge in [0, 0.05) is 5.75 Å². The Bertz CT molecular complexity index is 275. The second-order valence-corrected chi connectivity index (χ2v) is 8.05. The summed E-state index contributed by atoms with van der Waals surface area (Å²) in [4.78, 5) is -0.0534. The number of thioether (sulfide) groups is 1. The molecule has 0 radical (unpaired) electrons. The van der Waals surface area contributed by atoms with Crippen molar-refractivity contribution in [2.75, 3.05) is 5.75 Å². The van der Waals surface area contributed by atoms with Gasteiger partial charge >= 0.3 is 7.60 Å². The molecule has 16 heavy (non-hydrogen) atoms. The van der Waals surface area contributed by atoms with Crippen LogP contribution in [0, 0.1) is 0 Å². The standard InChI is InChI=1S/C11H21O3PS/c1-9(2)13-15(12,14-10(3)4)11-7-5-6-8-16-11/h5-6,9-11H,7-8H2,1-4H3. The smallest absolute Gasteiger partial charge is 0.305 e. The van der Waals surface area contributed by atoms with Crippen molar-refractivity contribution in [3.8, 4) is 0 Å². The molecule has 94 valence electrons. The second-order valence-electron chi connectivity index (χ2n) is 4.34. The van der Waals surface area contributed by atoms with Gasteiger partial charge in [-0.25, -0.2) is 0 Å². The summed E-state index contributed by atoms with van der Waals surface area (Å²) >= 11 is 1.65. The van der Waals surface area contributed by atoms with E-state index in [9.17, 15) is 4.57 Å². The summed E-state index contributed by atoms with van der Waals surface area (Å²) < 4.78 is 23.8. The molecule has 1 heterocycles. The van der Waals surface area contributed by atoms with E-state index in [2.05, 4.69) is 12.2 Å². The van der Waals surface area contributed by atoms with Gasteiger partial charge in [0.25, 0.3) is 0 Å². The average molecular weight is 264 g/mol. The lowest BCUT2D eigenvalue weighted by atomic mass is 10.4. The van der Waals surface area contributed by atoms with Crippen LogP contribution < -0.4 is 0 Å². The first-order chi connectivity index (χ1) is 7.44. The number of rotatable bonds is 5. The Morgan fingerprint density at radius 2 is 1.75 bits per heavy atom. The maximum Gasteiger partial charge on any atom is 0.344 e. The molecule has 0 aromatic rings. The molecule has 0 saturated carbocycles. The van der Waals surface area contributed by atoms with Crippen molar-refractivity contribution in [1.82, 2.24) is 0 Å². The highest BCUT2D eigenvalue weighted by atomic mass is 32.2. The van der Waals surface area contributed by atoms with Crippen LogP contribution in [0.5, 0.6) is 0 Å². The molecule has 5 heteroatoms. The fourth-order valence-corrected chi connectivity index (χ4v) is 5.36. The molecule has 0 bridgehead atoms. The highest BCUT2D eigenvalue weighted by molar-refractivity contribution is 8.05. The third-order valence-corrected chi connectivity index (χ3v) is 6.49. The molecule has 1 atom stereocenters. The first kappa shape index (κ1) is 14.3. The van der Waals surface area contributed by atoms with Crippen molar-refractivity contribution < 1.29 is 13.6 Å². The molecule has 0 saturated heterocycles. The fourth-order valence-electron chi connectivity index (χ4n) is 1.48. The summed E-state index contributed by atoms with van der Waals surface area (Å²) in [6.45, 7) is 7.55. The van der Waals surface area contributed by atoms with Crippen molar-refractivity contribution in [1.29, 1.82) is 0 Å². The van der Waals surface area contributed by atoms with Crippen LogP contribution in [0.4, 0.5) is 0 Å². The summed E-state index contributed by atoms with van der Waals surface area (Å²) in [5, 5.41) is 0. The van der Waals surface area contributed by atoms with E-state index >= 15 is 0 Å². The zero-order valence-corrected chi connectivity index (χ0v) is 12.1. The molecule has 1 rings (SSSR count). The van der Waals surface area contributed by atoms with Crippen LogP contribution in [-0.4, -0.2) is 23.0 Å². The third kappa shape index (κ3) is 4.25. The van der Waals surface area contributed by atoms with E-state index in [4.69, 9.17) is 9.05 Å². The predicted molar refractivity (Wildman–Crippen MR) is 70.1 cm³/mol. The molecular formula is C11H21O3PS. The molecule has 0 aliphatic carbocycles. The Morgan fingerprint density at radius 1 is 1.19 bits per heavy atom. The van der Waals surface area contributed by atoms with E-state index in [1.54, 1.807) is 11.8 Å². The lowest BCUT2D eigenvalue weighted by Gasteiger charge is -2.29. The first-order valence-corrected chi connectivity index (χ1v) is 8.33. The van der Waals surface area contributed by atoms with Gasteiger partial charge in [-0.2, -0.15) is 0 Å². The molecule has 0 amide bonds. The van der Waals surface area contributed by atoms with Crippen LogP contribution in [0.1, 0.15) is 34.1 Å². The Balaban J connectivity index is 2.76. The minimum Gasteiger partial charge on any atom is -0.305 e. The maximum atomic E-state index is 12.7. The van der Waals surface area contributed by atoms with Crippen molar-refractivity contribution in [3.05, 3.63) is 12.2 Å². The van der Waals surface area contributed by atoms with Gasteiger partial charge in [-0.3, -0.25) is 4.57 Å². The molecule has 0 fully saturated rings. The Hall–Kier alpha value is 0.240. The minimum absolute atomic E-state index is 0.0534. The normalized spacial score (nSPS) is 22.0. The zero-order chi connectivity index (χ0) is 12.2. The quantitative estimate of drug-likeness (QED) is 0.554. The summed E-state index contributed by atoms with van der Waals surface area (Å²) in [5.41, 5.74) is 0. The molecule has 0 N–H and O–H groups in total. The monoisotopic (exact) mass is 264 g/mol. The Labute approximate surface area is 103 Å². The molecule has 1 aliphatic rings. The van der Waals surface area contributed by atoms with Crippen molar-refractivity contribution in [3.63, 3.8) is 0 Å². The van der Waals surface area contributed by atoms with E-state index in [0.717, 1.165) is 12.2 Å². The topological polar surface area (TPSA) is 35.5 Å². The van der Waals surface area contributed by atoms with Crippen molar-refractivity contribution in [2.24, 2.45) is 0 Å². The van der Waals surface area contributed by atoms with Crippen LogP contribution >= 0.6 is 19.4 Å². The van der Waals surface area contributed by atoms with Crippen LogP contribution in [-0.2, 0) is 13.6 Å². The van der Waals surface area contributed by atoms with Crippen LogP contribution in [0.3, 0.4) is 0 Å². The van der Waals surface area contributed by atoms with Crippen LogP contribution in [0.25, 0.3) is 0 Å². The van der Waals surface area contributed by atoms with E-state index in [1.165, 1.54) is 0 Å². The van der Waals surface area contributed by atoms with Crippen molar-refractivity contribution >= 4 is 19.4 Å². The third-order valence-electron chi connectivity index (χ3n) is 1.96. The van der Waals surface area contributed by atoms with E-state index in [1.807, 2.05) is 27.7 Å². The molecular weight excluding hydrogens is 243 g/mol. The van der Waals surface area contributed by atoms with E-state index < -0.39 is 7.60 Å². The molecule has 1 aliphatic heterocycles. The van der Waals surface area contributed by atoms with Gasteiger partial charge in [0.2, 0.25) is 0 Å². The van der Waals surface area contributed by atoms with Gasteiger partial charge in [0.1, 0.15) is 4.99 Å². The number of hydrogen-bond donors (Lipinski definition) is 0. The highest BCUT2D eigenvalue weighted by Crippen LogP contribution is 2.60. The predicted octanol–water partition coefficient (Wildman–Crippen LogP) is 4.05. The Kier molecular flexibility index (Phi) is 5.58. The Morgan fingerprint density at radius 3 is 2.12 bits per heavy atom. The van der Waals surface area contributed by atoms with Gasteiger partial charge in [-0.15, -0.1) is 11.8 Å². The summed E-state index contributed by atoms with van der Waals surface area (Å²) in [6.07, 6.45) is 4.77. The number of allylic oxidation sites excluding steroid dienone is 1. The van der Waals surface area contributed by atoms with Crippen molar-refractivity contribution in [2.45, 2.75) is 51.3 Å². The van der Waals surface area contributed by atoms with Crippen LogP contribution in [0.2, 0.25) is 0 Å². The minimum atomic E-state index is -3.00. The van der Waals surface area contributed by atoms with Gasteiger partial charge in [0.05, 0.1) is 12.2 Å². The van der Waals surface area contributed by atoms with Gasteiger partial charge in [-0.05, 0) is 34.1 Å². The highest BCUT2D eigenvalue weighted by Gasteiger charge is 2.38. The van der Waals surface area contributed by atoms with Crippen LogP contribution in [0.15, 0.2) is 12.2 Å². The molecule has 1 unspecified atom stereocenters. The SMILES string of the molecule is CC(C)OP(=O)(OC(C)C)C1CC=CCS1. The summed E-state index contributed by atoms with van der Waals surface area (Å²) in [7, 11) is -3.00. The average Bonchev–Trinajstić information content (AvgIpc) is 2.16. The second kappa shape index (κ2) is 6.25. The lowest BCUT2D eigenvalue weighted by Crippen LogP contribution is -2.17. The first-order valence-electron chi connectivity index (χ1n) is 5.67. The van der Waals surface area contributed by atoms with Gasteiger partial charge in [0.15, 0.2) is 0 Å². The maximum absolute atomic E-state index is 12.7. The summed E-state index contributed by atoms with van der Waals surface area (Å²) in [6, 6.07) is 0. The van der Waals surface area contributed by atoms with E-state index in [0.29, 0.717) is 0 Å². The molecule has 0 aromatic heterocycles. The molecule has 3 nitrogen and oxygen atoms in total. The molecule has 0 spiro atoms. The zero-order valence-electron chi connectivity index (χ0n) is 10.4. The van der Waals surface area contributed by atoms with Gasteiger partial charge in [-0.1, -0.05) is 12.2 Å². The molecule has 0 aromatic carbocycles. The largest absolute Gasteiger partial charge is 0.344 e. The van der Waals surface area contributed by atoms with Gasteiger partial charge < -0.3 is 9.05 Å². The fraction of sp³-hybridized carbons (Fsp3) is 0.818. The van der Waals surface area contributed by atoms with E-state index in [-0.39, 0.29) is 17.2 Å². The lowest BCUT2D eigenvalue weighted by molar-refractivity contribution is 0.141.